The Bertz CT molecular complexity index is 362. The number of anilines is 1. The number of benzene rings is 1. The van der Waals surface area contributed by atoms with Gasteiger partial charge in [0.1, 0.15) is 17.2 Å². The summed E-state index contributed by atoms with van der Waals surface area (Å²) in [5.74, 6) is -0.975. The number of nitrogens with two attached hydrogens (primary N) is 1. The monoisotopic (exact) mass is 197 g/mol. The minimum atomic E-state index is -0.481. The van der Waals surface area contributed by atoms with Gasteiger partial charge in [0, 0.05) is 5.56 Å². The Morgan fingerprint density at radius 3 is 2.71 bits per heavy atom. The van der Waals surface area contributed by atoms with Crippen LogP contribution < -0.4 is 5.73 Å². The molecule has 0 atom stereocenters. The zero-order chi connectivity index (χ0) is 10.7. The summed E-state index contributed by atoms with van der Waals surface area (Å²) in [6.07, 6.45) is -0.0766. The topological polar surface area (TPSA) is 92.8 Å². The first-order valence-corrected chi connectivity index (χ1v) is 3.92. The van der Waals surface area contributed by atoms with Gasteiger partial charge in [-0.15, -0.1) is 0 Å². The predicted octanol–water partition coefficient (Wildman–Crippen LogP) is 0.396. The predicted molar refractivity (Wildman–Crippen MR) is 49.9 cm³/mol. The van der Waals surface area contributed by atoms with E-state index in [2.05, 4.69) is 4.74 Å². The van der Waals surface area contributed by atoms with Gasteiger partial charge in [0.25, 0.3) is 0 Å². The van der Waals surface area contributed by atoms with Crippen molar-refractivity contribution in [1.29, 1.82) is 0 Å². The lowest BCUT2D eigenvalue weighted by Crippen LogP contribution is -2.05. The summed E-state index contributed by atoms with van der Waals surface area (Å²) < 4.78 is 4.43. The second kappa shape index (κ2) is 3.87. The number of phenolic OH excluding ortho intramolecular Hbond substituents is 2. The van der Waals surface area contributed by atoms with Crippen molar-refractivity contribution in [2.45, 2.75) is 6.42 Å². The summed E-state index contributed by atoms with van der Waals surface area (Å²) in [5, 5.41) is 18.5. The largest absolute Gasteiger partial charge is 0.506 e. The van der Waals surface area contributed by atoms with E-state index in [9.17, 15) is 9.90 Å². The van der Waals surface area contributed by atoms with Gasteiger partial charge in [0.15, 0.2) is 0 Å². The molecule has 5 heteroatoms. The first-order chi connectivity index (χ1) is 6.56. The minimum Gasteiger partial charge on any atom is -0.506 e. The van der Waals surface area contributed by atoms with Gasteiger partial charge in [0.05, 0.1) is 13.5 Å². The van der Waals surface area contributed by atoms with Crippen molar-refractivity contribution in [2.24, 2.45) is 0 Å². The van der Waals surface area contributed by atoms with Crippen molar-refractivity contribution >= 4 is 11.7 Å². The minimum absolute atomic E-state index is 0.0766. The molecule has 5 nitrogen and oxygen atoms in total. The number of hydrogen-bond acceptors (Lipinski definition) is 5. The van der Waals surface area contributed by atoms with E-state index < -0.39 is 5.97 Å². The number of hydrogen-bond donors (Lipinski definition) is 3. The molecule has 0 aliphatic heterocycles. The molecule has 0 heterocycles. The van der Waals surface area contributed by atoms with Crippen LogP contribution in [0, 0.1) is 0 Å². The Labute approximate surface area is 80.7 Å². The van der Waals surface area contributed by atoms with E-state index in [1.165, 1.54) is 19.2 Å². The molecule has 1 aromatic carbocycles. The summed E-state index contributed by atoms with van der Waals surface area (Å²) in [5.41, 5.74) is 5.54. The zero-order valence-electron chi connectivity index (χ0n) is 7.65. The van der Waals surface area contributed by atoms with Crippen molar-refractivity contribution in [1.82, 2.24) is 0 Å². The Morgan fingerprint density at radius 1 is 1.50 bits per heavy atom. The van der Waals surface area contributed by atoms with Crippen LogP contribution in [0.25, 0.3) is 0 Å². The lowest BCUT2D eigenvalue weighted by molar-refractivity contribution is -0.139. The Balaban J connectivity index is 3.00. The smallest absolute Gasteiger partial charge is 0.310 e. The Hall–Kier alpha value is -1.91. The van der Waals surface area contributed by atoms with Crippen molar-refractivity contribution in [3.05, 3.63) is 17.7 Å². The van der Waals surface area contributed by atoms with Crippen LogP contribution in [0.3, 0.4) is 0 Å². The number of ether oxygens (including phenoxy) is 1. The van der Waals surface area contributed by atoms with Crippen molar-refractivity contribution in [3.8, 4) is 11.5 Å². The van der Waals surface area contributed by atoms with Crippen LogP contribution in [0.2, 0.25) is 0 Å². The van der Waals surface area contributed by atoms with Crippen LogP contribution in [0.4, 0.5) is 5.69 Å². The summed E-state index contributed by atoms with van der Waals surface area (Å²) in [6.45, 7) is 0. The molecule has 0 amide bonds. The zero-order valence-corrected chi connectivity index (χ0v) is 7.65. The van der Waals surface area contributed by atoms with Gasteiger partial charge >= 0.3 is 5.97 Å². The second-order valence-electron chi connectivity index (χ2n) is 2.76. The highest BCUT2D eigenvalue weighted by Gasteiger charge is 2.12. The van der Waals surface area contributed by atoms with E-state index in [0.717, 1.165) is 0 Å². The number of nitrogen functional groups attached to an aromatic ring is 1. The summed E-state index contributed by atoms with van der Waals surface area (Å²) in [7, 11) is 1.25. The van der Waals surface area contributed by atoms with Crippen LogP contribution in [0.5, 0.6) is 11.5 Å². The molecule has 1 aromatic rings. The van der Waals surface area contributed by atoms with Crippen molar-refractivity contribution in [2.75, 3.05) is 12.8 Å². The van der Waals surface area contributed by atoms with Crippen molar-refractivity contribution < 1.29 is 19.7 Å². The molecule has 4 N–H and O–H groups in total. The molecule has 0 fully saturated rings. The molecule has 0 unspecified atom stereocenters. The van der Waals surface area contributed by atoms with E-state index >= 15 is 0 Å². The molecule has 1 rings (SSSR count). The lowest BCUT2D eigenvalue weighted by Gasteiger charge is -2.07. The SMILES string of the molecule is COC(=O)Cc1ccc(O)c(N)c1O. The van der Waals surface area contributed by atoms with Gasteiger partial charge < -0.3 is 20.7 Å². The molecular weight excluding hydrogens is 186 g/mol. The molecule has 0 radical (unpaired) electrons. The number of methoxy groups -OCH3 is 1. The molecular formula is C9H11NO4. The fraction of sp³-hybridized carbons (Fsp3) is 0.222. The molecule has 0 aromatic heterocycles. The van der Waals surface area contributed by atoms with Gasteiger partial charge in [0.2, 0.25) is 0 Å². The van der Waals surface area contributed by atoms with Crippen LogP contribution in [-0.4, -0.2) is 23.3 Å². The number of phenols is 2. The van der Waals surface area contributed by atoms with E-state index in [1.54, 1.807) is 0 Å². The van der Waals surface area contributed by atoms with Crippen LogP contribution in [0.15, 0.2) is 12.1 Å². The highest BCUT2D eigenvalue weighted by molar-refractivity contribution is 5.76. The van der Waals surface area contributed by atoms with E-state index in [0.29, 0.717) is 5.56 Å². The lowest BCUT2D eigenvalue weighted by atomic mass is 10.1. The molecule has 0 saturated carbocycles. The quantitative estimate of drug-likeness (QED) is 0.362. The molecule has 0 aliphatic carbocycles. The standard InChI is InChI=1S/C9H11NO4/c1-14-7(12)4-5-2-3-6(11)8(10)9(5)13/h2-3,11,13H,4,10H2,1H3. The molecule has 0 aliphatic rings. The van der Waals surface area contributed by atoms with E-state index in [4.69, 9.17) is 10.8 Å². The molecule has 76 valence electrons. The fourth-order valence-electron chi connectivity index (χ4n) is 1.01. The van der Waals surface area contributed by atoms with Gasteiger partial charge in [-0.25, -0.2) is 0 Å². The molecule has 0 spiro atoms. The van der Waals surface area contributed by atoms with Crippen molar-refractivity contribution in [3.63, 3.8) is 0 Å². The van der Waals surface area contributed by atoms with Gasteiger partial charge in [-0.1, -0.05) is 6.07 Å². The maximum Gasteiger partial charge on any atom is 0.310 e. The summed E-state index contributed by atoms with van der Waals surface area (Å²) in [4.78, 5) is 10.9. The normalized spacial score (nSPS) is 9.79. The van der Waals surface area contributed by atoms with Crippen LogP contribution in [0.1, 0.15) is 5.56 Å². The number of carbonyl (C=O) groups excluding carboxylic acids is 1. The van der Waals surface area contributed by atoms with Crippen LogP contribution in [-0.2, 0) is 16.0 Å². The fourth-order valence-corrected chi connectivity index (χ4v) is 1.01. The first kappa shape index (κ1) is 10.2. The highest BCUT2D eigenvalue weighted by atomic mass is 16.5. The van der Waals surface area contributed by atoms with Gasteiger partial charge in [-0.05, 0) is 6.07 Å². The van der Waals surface area contributed by atoms with Crippen LogP contribution >= 0.6 is 0 Å². The number of aromatic hydroxyl groups is 2. The van der Waals surface area contributed by atoms with Gasteiger partial charge in [-0.2, -0.15) is 0 Å². The van der Waals surface area contributed by atoms with E-state index in [-0.39, 0.29) is 23.6 Å². The molecule has 0 saturated heterocycles. The third kappa shape index (κ3) is 1.87. The Morgan fingerprint density at radius 2 is 2.14 bits per heavy atom. The number of carbonyl (C=O) groups is 1. The third-order valence-corrected chi connectivity index (χ3v) is 1.84. The molecule has 14 heavy (non-hydrogen) atoms. The maximum absolute atomic E-state index is 10.9. The second-order valence-corrected chi connectivity index (χ2v) is 2.76. The highest BCUT2D eigenvalue weighted by Crippen LogP contribution is 2.33. The average Bonchev–Trinajstić information content (AvgIpc) is 2.19. The molecule has 0 bridgehead atoms. The van der Waals surface area contributed by atoms with Gasteiger partial charge in [-0.3, -0.25) is 4.79 Å². The first-order valence-electron chi connectivity index (χ1n) is 3.92. The number of rotatable bonds is 2. The van der Waals surface area contributed by atoms with E-state index in [1.807, 2.05) is 0 Å². The Kier molecular flexibility index (Phi) is 2.81. The third-order valence-electron chi connectivity index (χ3n) is 1.84. The summed E-state index contributed by atoms with van der Waals surface area (Å²) >= 11 is 0. The number of esters is 1. The average molecular weight is 197 g/mol. The maximum atomic E-state index is 10.9. The summed E-state index contributed by atoms with van der Waals surface area (Å²) in [6, 6.07) is 2.73.